The molecule has 206 valence electrons. The molecule has 40 heavy (non-hydrogen) atoms. The highest BCUT2D eigenvalue weighted by Gasteiger charge is 2.26. The Labute approximate surface area is 235 Å². The third kappa shape index (κ3) is 5.53. The van der Waals surface area contributed by atoms with Crippen molar-refractivity contribution in [1.82, 2.24) is 9.88 Å². The molecule has 0 atom stereocenters. The monoisotopic (exact) mass is 537 g/mol. The lowest BCUT2D eigenvalue weighted by Gasteiger charge is -2.33. The van der Waals surface area contributed by atoms with Crippen molar-refractivity contribution < 1.29 is 19.4 Å². The molecule has 7 heteroatoms. The number of fused-ring (bicyclic) bond motifs is 1. The van der Waals surface area contributed by atoms with E-state index in [0.29, 0.717) is 25.9 Å². The lowest BCUT2D eigenvalue weighted by atomic mass is 9.95. The fourth-order valence-electron chi connectivity index (χ4n) is 5.85. The number of methoxy groups -OCH3 is 1. The van der Waals surface area contributed by atoms with Crippen LogP contribution in [-0.4, -0.2) is 67.5 Å². The lowest BCUT2D eigenvalue weighted by molar-refractivity contribution is -0.142. The zero-order valence-electron chi connectivity index (χ0n) is 22.9. The first kappa shape index (κ1) is 26.3. The summed E-state index contributed by atoms with van der Waals surface area (Å²) in [4.78, 5) is 21.3. The maximum atomic E-state index is 11.5. The van der Waals surface area contributed by atoms with Crippen LogP contribution in [0.1, 0.15) is 18.4 Å². The van der Waals surface area contributed by atoms with Gasteiger partial charge in [-0.15, -0.1) is 0 Å². The second kappa shape index (κ2) is 11.7. The molecule has 2 aliphatic rings. The second-order valence-electron chi connectivity index (χ2n) is 10.6. The summed E-state index contributed by atoms with van der Waals surface area (Å²) in [5.41, 5.74) is 7.65. The summed E-state index contributed by atoms with van der Waals surface area (Å²) < 4.78 is 11.0. The van der Waals surface area contributed by atoms with Crippen molar-refractivity contribution >= 4 is 22.6 Å². The van der Waals surface area contributed by atoms with E-state index in [4.69, 9.17) is 14.5 Å². The van der Waals surface area contributed by atoms with Gasteiger partial charge in [-0.05, 0) is 47.7 Å². The summed E-state index contributed by atoms with van der Waals surface area (Å²) in [6.45, 7) is 5.84. The van der Waals surface area contributed by atoms with Crippen molar-refractivity contribution in [3.05, 3.63) is 78.4 Å². The van der Waals surface area contributed by atoms with Gasteiger partial charge in [0.2, 0.25) is 0 Å². The van der Waals surface area contributed by atoms with Crippen LogP contribution < -0.4 is 9.64 Å². The zero-order chi connectivity index (χ0) is 27.5. The van der Waals surface area contributed by atoms with E-state index in [1.165, 1.54) is 16.7 Å². The first-order chi connectivity index (χ1) is 19.6. The minimum atomic E-state index is -0.698. The van der Waals surface area contributed by atoms with Crippen molar-refractivity contribution in [2.45, 2.75) is 19.4 Å². The number of morpholine rings is 1. The molecule has 6 rings (SSSR count). The largest absolute Gasteiger partial charge is 0.497 e. The van der Waals surface area contributed by atoms with E-state index in [1.807, 2.05) is 12.1 Å². The number of carboxylic acid groups (broad SMARTS) is 1. The highest BCUT2D eigenvalue weighted by molar-refractivity contribution is 5.95. The minimum Gasteiger partial charge on any atom is -0.497 e. The number of hydrogen-bond acceptors (Lipinski definition) is 6. The molecule has 2 saturated heterocycles. The maximum Gasteiger partial charge on any atom is 0.306 e. The third-order valence-electron chi connectivity index (χ3n) is 8.19. The summed E-state index contributed by atoms with van der Waals surface area (Å²) in [5.74, 6) is -0.209. The number of pyridine rings is 1. The van der Waals surface area contributed by atoms with E-state index in [0.717, 1.165) is 66.4 Å². The number of hydrogen-bond donors (Lipinski definition) is 1. The fourth-order valence-corrected chi connectivity index (χ4v) is 5.85. The molecule has 1 aromatic heterocycles. The number of aromatic nitrogens is 1. The fraction of sp³-hybridized carbons (Fsp3) is 0.333. The summed E-state index contributed by atoms with van der Waals surface area (Å²) >= 11 is 0. The first-order valence-electron chi connectivity index (χ1n) is 14.0. The summed E-state index contributed by atoms with van der Waals surface area (Å²) in [6.07, 6.45) is 1.28. The molecule has 0 spiro atoms. The molecular formula is C33H35N3O4. The van der Waals surface area contributed by atoms with Crippen LogP contribution in [0.5, 0.6) is 5.75 Å². The van der Waals surface area contributed by atoms with Gasteiger partial charge >= 0.3 is 5.97 Å². The summed E-state index contributed by atoms with van der Waals surface area (Å²) in [6, 6.07) is 25.4. The van der Waals surface area contributed by atoms with Gasteiger partial charge in [-0.2, -0.15) is 0 Å². The molecule has 0 bridgehead atoms. The number of benzene rings is 3. The van der Waals surface area contributed by atoms with Crippen molar-refractivity contribution in [3.63, 3.8) is 0 Å². The van der Waals surface area contributed by atoms with E-state index in [1.54, 1.807) is 7.11 Å². The smallest absolute Gasteiger partial charge is 0.306 e. The predicted octanol–water partition coefficient (Wildman–Crippen LogP) is 5.71. The van der Waals surface area contributed by atoms with Gasteiger partial charge in [0.15, 0.2) is 0 Å². The molecule has 0 radical (unpaired) electrons. The van der Waals surface area contributed by atoms with E-state index in [-0.39, 0.29) is 5.92 Å². The van der Waals surface area contributed by atoms with Crippen LogP contribution in [0.15, 0.2) is 72.8 Å². The molecule has 1 N–H and O–H groups in total. The number of nitrogens with zero attached hydrogens (tertiary/aromatic N) is 3. The Morgan fingerprint density at radius 2 is 1.68 bits per heavy atom. The van der Waals surface area contributed by atoms with Gasteiger partial charge in [-0.3, -0.25) is 9.69 Å². The lowest BCUT2D eigenvalue weighted by Crippen LogP contribution is -2.36. The average Bonchev–Trinajstić information content (AvgIpc) is 3.01. The Hall–Kier alpha value is -3.94. The van der Waals surface area contributed by atoms with Crippen LogP contribution >= 0.6 is 0 Å². The van der Waals surface area contributed by atoms with Crippen molar-refractivity contribution in [2.24, 2.45) is 5.92 Å². The molecule has 0 unspecified atom stereocenters. The second-order valence-corrected chi connectivity index (χ2v) is 10.6. The zero-order valence-corrected chi connectivity index (χ0v) is 22.9. The Morgan fingerprint density at radius 3 is 2.40 bits per heavy atom. The summed E-state index contributed by atoms with van der Waals surface area (Å²) in [5, 5.41) is 10.5. The Balaban J connectivity index is 1.32. The van der Waals surface area contributed by atoms with Crippen LogP contribution in [0.3, 0.4) is 0 Å². The molecule has 3 aromatic carbocycles. The normalized spacial score (nSPS) is 16.8. The maximum absolute atomic E-state index is 11.5. The third-order valence-corrected chi connectivity index (χ3v) is 8.19. The van der Waals surface area contributed by atoms with Crippen LogP contribution in [0, 0.1) is 5.92 Å². The highest BCUT2D eigenvalue weighted by atomic mass is 16.5. The van der Waals surface area contributed by atoms with E-state index in [2.05, 4.69) is 70.5 Å². The average molecular weight is 538 g/mol. The number of aliphatic carboxylic acids is 1. The number of rotatable bonds is 7. The van der Waals surface area contributed by atoms with E-state index >= 15 is 0 Å². The van der Waals surface area contributed by atoms with E-state index in [9.17, 15) is 9.90 Å². The molecule has 7 nitrogen and oxygen atoms in total. The van der Waals surface area contributed by atoms with Crippen molar-refractivity contribution in [1.29, 1.82) is 0 Å². The Kier molecular flexibility index (Phi) is 7.66. The Bertz CT molecular complexity index is 1490. The quantitative estimate of drug-likeness (QED) is 0.324. The predicted molar refractivity (Wildman–Crippen MR) is 158 cm³/mol. The number of piperidine rings is 1. The van der Waals surface area contributed by atoms with Gasteiger partial charge < -0.3 is 19.5 Å². The first-order valence-corrected chi connectivity index (χ1v) is 14.0. The molecule has 2 fully saturated rings. The van der Waals surface area contributed by atoms with Gasteiger partial charge in [-0.25, -0.2) is 4.98 Å². The van der Waals surface area contributed by atoms with Crippen LogP contribution in [0.25, 0.3) is 33.3 Å². The standard InChI is InChI=1S/C33H35N3O4/c1-39-27-10-11-29-31(20-27)34-30(21-32(29)36-14-12-25(13-15-36)33(37)38)24-8-6-23(7-9-24)28-5-3-2-4-26(28)22-35-16-18-40-19-17-35/h2-11,20-21,25H,12-19,22H2,1H3,(H,37,38). The Morgan fingerprint density at radius 1 is 0.950 bits per heavy atom. The van der Waals surface area contributed by atoms with Gasteiger partial charge in [-0.1, -0.05) is 48.5 Å². The molecule has 0 aliphatic carbocycles. The molecule has 3 heterocycles. The van der Waals surface area contributed by atoms with E-state index < -0.39 is 5.97 Å². The molecular weight excluding hydrogens is 502 g/mol. The number of anilines is 1. The SMILES string of the molecule is COc1ccc2c(N3CCC(C(=O)O)CC3)cc(-c3ccc(-c4ccccc4CN4CCOCC4)cc3)nc2c1. The topological polar surface area (TPSA) is 75.1 Å². The van der Waals surface area contributed by atoms with Crippen LogP contribution in [0.4, 0.5) is 5.69 Å². The van der Waals surface area contributed by atoms with Gasteiger partial charge in [0, 0.05) is 55.4 Å². The molecule has 0 saturated carbocycles. The highest BCUT2D eigenvalue weighted by Crippen LogP contribution is 2.36. The number of carboxylic acids is 1. The van der Waals surface area contributed by atoms with Crippen molar-refractivity contribution in [3.8, 4) is 28.1 Å². The molecule has 2 aliphatic heterocycles. The number of carbonyl (C=O) groups is 1. The van der Waals surface area contributed by atoms with Gasteiger partial charge in [0.05, 0.1) is 37.5 Å². The molecule has 4 aromatic rings. The van der Waals surface area contributed by atoms with Gasteiger partial charge in [0.25, 0.3) is 0 Å². The van der Waals surface area contributed by atoms with Crippen LogP contribution in [0.2, 0.25) is 0 Å². The summed E-state index contributed by atoms with van der Waals surface area (Å²) in [7, 11) is 1.66. The minimum absolute atomic E-state index is 0.275. The van der Waals surface area contributed by atoms with Crippen molar-refractivity contribution in [2.75, 3.05) is 51.4 Å². The van der Waals surface area contributed by atoms with Crippen LogP contribution in [-0.2, 0) is 16.1 Å². The molecule has 0 amide bonds. The van der Waals surface area contributed by atoms with Gasteiger partial charge in [0.1, 0.15) is 5.75 Å². The number of ether oxygens (including phenoxy) is 2.